The van der Waals surface area contributed by atoms with Gasteiger partial charge in [-0.3, -0.25) is 0 Å². The first-order valence-corrected chi connectivity index (χ1v) is 10.5. The molecule has 4 atom stereocenters. The van der Waals surface area contributed by atoms with Crippen molar-refractivity contribution in [1.29, 1.82) is 0 Å². The van der Waals surface area contributed by atoms with E-state index < -0.39 is 0 Å². The Morgan fingerprint density at radius 3 is 2.56 bits per heavy atom. The van der Waals surface area contributed by atoms with Crippen LogP contribution >= 0.6 is 30.1 Å². The van der Waals surface area contributed by atoms with E-state index in [1.54, 1.807) is 0 Å². The Bertz CT molecular complexity index is 182. The van der Waals surface area contributed by atoms with Crippen LogP contribution in [0.1, 0.15) is 59.3 Å². The Labute approximate surface area is 118 Å². The molecule has 0 saturated heterocycles. The molecule has 2 unspecified atom stereocenters. The first-order valence-electron chi connectivity index (χ1n) is 6.94. The number of rotatable bonds is 6. The molecule has 0 heterocycles. The largest absolute Gasteiger partial charge is 0.0894 e. The quantitative estimate of drug-likeness (QED) is 0.531. The van der Waals surface area contributed by atoms with E-state index in [0.29, 0.717) is 0 Å². The van der Waals surface area contributed by atoms with Gasteiger partial charge in [-0.25, -0.2) is 0 Å². The minimum atomic E-state index is 0.969. The van der Waals surface area contributed by atoms with Crippen molar-refractivity contribution in [2.24, 2.45) is 23.7 Å². The molecule has 0 N–H and O–H groups in total. The molecule has 16 heavy (non-hydrogen) atoms. The molecule has 1 fully saturated rings. The lowest BCUT2D eigenvalue weighted by molar-refractivity contribution is 0.102. The maximum absolute atomic E-state index is 2.53. The Morgan fingerprint density at radius 2 is 1.94 bits per heavy atom. The van der Waals surface area contributed by atoms with Crippen LogP contribution in [0.25, 0.3) is 0 Å². The van der Waals surface area contributed by atoms with Gasteiger partial charge in [0.15, 0.2) is 0 Å². The van der Waals surface area contributed by atoms with Gasteiger partial charge in [0.2, 0.25) is 0 Å². The van der Waals surface area contributed by atoms with Crippen molar-refractivity contribution in [3.05, 3.63) is 0 Å². The number of hydrogen-bond donors (Lipinski definition) is 0. The van der Waals surface area contributed by atoms with E-state index >= 15 is 0 Å². The highest BCUT2D eigenvalue weighted by Gasteiger charge is 2.33. The molecular formula is C14H27IS. The third-order valence-corrected chi connectivity index (χ3v) is 6.31. The third-order valence-electron chi connectivity index (χ3n) is 4.60. The van der Waals surface area contributed by atoms with E-state index in [2.05, 4.69) is 42.0 Å². The lowest BCUT2D eigenvalue weighted by atomic mass is 9.66. The molecule has 1 aliphatic carbocycles. The highest BCUT2D eigenvalue weighted by molar-refractivity contribution is 14.2. The number of halogens is 1. The number of unbranched alkanes of at least 4 members (excludes halogenated alkanes) is 1. The first kappa shape index (κ1) is 15.1. The predicted octanol–water partition coefficient (Wildman–Crippen LogP) is 5.95. The van der Waals surface area contributed by atoms with Crippen LogP contribution in [0.15, 0.2) is 0 Å². The summed E-state index contributed by atoms with van der Waals surface area (Å²) in [5.41, 5.74) is 0. The molecule has 0 aromatic heterocycles. The minimum absolute atomic E-state index is 0.969. The minimum Gasteiger partial charge on any atom is -0.0894 e. The zero-order valence-corrected chi connectivity index (χ0v) is 14.0. The lowest BCUT2D eigenvalue weighted by Crippen LogP contribution is -2.32. The van der Waals surface area contributed by atoms with Crippen LogP contribution in [0.5, 0.6) is 0 Å². The van der Waals surface area contributed by atoms with Crippen molar-refractivity contribution >= 4 is 30.1 Å². The van der Waals surface area contributed by atoms with Gasteiger partial charge in [0.05, 0.1) is 0 Å². The van der Waals surface area contributed by atoms with Gasteiger partial charge in [0.1, 0.15) is 0 Å². The van der Waals surface area contributed by atoms with Crippen LogP contribution in [-0.4, -0.2) is 5.75 Å². The van der Waals surface area contributed by atoms with Crippen LogP contribution in [0.3, 0.4) is 0 Å². The van der Waals surface area contributed by atoms with Crippen LogP contribution in [0, 0.1) is 23.7 Å². The molecule has 1 rings (SSSR count). The molecule has 0 radical (unpaired) electrons. The topological polar surface area (TPSA) is 0 Å². The predicted molar refractivity (Wildman–Crippen MR) is 85.2 cm³/mol. The molecule has 0 spiro atoms. The second-order valence-electron chi connectivity index (χ2n) is 5.58. The van der Waals surface area contributed by atoms with Crippen molar-refractivity contribution in [3.63, 3.8) is 0 Å². The van der Waals surface area contributed by atoms with Gasteiger partial charge < -0.3 is 0 Å². The van der Waals surface area contributed by atoms with Crippen molar-refractivity contribution in [3.8, 4) is 0 Å². The summed E-state index contributed by atoms with van der Waals surface area (Å²) in [7, 11) is 1.99. The summed E-state index contributed by atoms with van der Waals surface area (Å²) in [5.74, 6) is 5.31. The fourth-order valence-electron chi connectivity index (χ4n) is 3.42. The van der Waals surface area contributed by atoms with E-state index in [4.69, 9.17) is 0 Å². The third kappa shape index (κ3) is 4.40. The van der Waals surface area contributed by atoms with Gasteiger partial charge in [-0.2, -0.15) is 0 Å². The van der Waals surface area contributed by atoms with Gasteiger partial charge in [-0.1, -0.05) is 55.4 Å². The maximum Gasteiger partial charge on any atom is 0.00363 e. The Balaban J connectivity index is 2.45. The van der Waals surface area contributed by atoms with Gasteiger partial charge in [0.25, 0.3) is 0 Å². The van der Waals surface area contributed by atoms with E-state index in [1.165, 1.54) is 44.3 Å². The Morgan fingerprint density at radius 1 is 1.19 bits per heavy atom. The van der Waals surface area contributed by atoms with E-state index in [-0.39, 0.29) is 0 Å². The van der Waals surface area contributed by atoms with Crippen LogP contribution in [0.2, 0.25) is 0 Å². The second kappa shape index (κ2) is 8.23. The molecule has 0 aliphatic heterocycles. The molecule has 0 bridgehead atoms. The molecule has 1 aliphatic rings. The van der Waals surface area contributed by atoms with Crippen molar-refractivity contribution in [2.45, 2.75) is 59.3 Å². The molecule has 2 heteroatoms. The van der Waals surface area contributed by atoms with E-state index in [1.807, 2.05) is 8.93 Å². The zero-order chi connectivity index (χ0) is 12.0. The fraction of sp³-hybridized carbons (Fsp3) is 1.00. The Hall–Kier alpha value is 1.08. The maximum atomic E-state index is 2.53. The molecule has 0 aromatic carbocycles. The first-order chi connectivity index (χ1) is 7.70. The normalized spacial score (nSPS) is 35.2. The molecule has 0 amide bonds. The number of hydrogen-bond acceptors (Lipinski definition) is 1. The summed E-state index contributed by atoms with van der Waals surface area (Å²) in [6.45, 7) is 7.33. The average molecular weight is 354 g/mol. The summed E-state index contributed by atoms with van der Waals surface area (Å²) in [6, 6.07) is 0. The monoisotopic (exact) mass is 354 g/mol. The molecule has 96 valence electrons. The van der Waals surface area contributed by atoms with Crippen LogP contribution < -0.4 is 0 Å². The lowest BCUT2D eigenvalue weighted by Gasteiger charge is -2.40. The van der Waals surface area contributed by atoms with Gasteiger partial charge in [0, 0.05) is 5.75 Å². The molecule has 0 nitrogen and oxygen atoms in total. The SMILES string of the molecule is CCCC[C@H]1CCC(C)C(CCSI)[C@H]1C. The smallest absolute Gasteiger partial charge is 0.00363 e. The van der Waals surface area contributed by atoms with Gasteiger partial charge in [-0.05, 0) is 57.7 Å². The van der Waals surface area contributed by atoms with E-state index in [0.717, 1.165) is 23.7 Å². The highest BCUT2D eigenvalue weighted by Crippen LogP contribution is 2.43. The molecular weight excluding hydrogens is 327 g/mol. The van der Waals surface area contributed by atoms with E-state index in [9.17, 15) is 0 Å². The molecule has 1 saturated carbocycles. The van der Waals surface area contributed by atoms with Gasteiger partial charge >= 0.3 is 0 Å². The second-order valence-corrected chi connectivity index (χ2v) is 8.08. The standard InChI is InChI=1S/C14H27IS/c1-4-5-6-13-8-7-11(2)14(12(13)3)9-10-16-15/h11-14H,4-10H2,1-3H3/t11?,12-,13-,14?/m0/s1. The summed E-state index contributed by atoms with van der Waals surface area (Å²) in [5, 5.41) is 0. The summed E-state index contributed by atoms with van der Waals surface area (Å²) >= 11 is 2.44. The zero-order valence-electron chi connectivity index (χ0n) is 11.0. The Kier molecular flexibility index (Phi) is 7.79. The van der Waals surface area contributed by atoms with Crippen molar-refractivity contribution in [2.75, 3.05) is 5.75 Å². The van der Waals surface area contributed by atoms with Crippen LogP contribution in [-0.2, 0) is 0 Å². The summed E-state index contributed by atoms with van der Waals surface area (Å²) in [6.07, 6.45) is 8.71. The highest BCUT2D eigenvalue weighted by atomic mass is 127. The van der Waals surface area contributed by atoms with Crippen molar-refractivity contribution in [1.82, 2.24) is 0 Å². The van der Waals surface area contributed by atoms with Crippen LogP contribution in [0.4, 0.5) is 0 Å². The van der Waals surface area contributed by atoms with Gasteiger partial charge in [-0.15, -0.1) is 0 Å². The summed E-state index contributed by atoms with van der Waals surface area (Å²) < 4.78 is 0. The average Bonchev–Trinajstić information content (AvgIpc) is 2.28. The van der Waals surface area contributed by atoms with Crippen molar-refractivity contribution < 1.29 is 0 Å². The summed E-state index contributed by atoms with van der Waals surface area (Å²) in [4.78, 5) is 0. The molecule has 0 aromatic rings. The fourth-order valence-corrected chi connectivity index (χ4v) is 4.55.